The van der Waals surface area contributed by atoms with Gasteiger partial charge in [-0.05, 0) is 17.7 Å². The highest BCUT2D eigenvalue weighted by Crippen LogP contribution is 2.07. The van der Waals surface area contributed by atoms with Gasteiger partial charge < -0.3 is 9.67 Å². The summed E-state index contributed by atoms with van der Waals surface area (Å²) >= 11 is 0. The molecule has 1 aromatic carbocycles. The molecule has 2 rings (SSSR count). The topological polar surface area (TPSA) is 42.2 Å². The van der Waals surface area contributed by atoms with Crippen molar-refractivity contribution in [3.05, 3.63) is 59.9 Å². The summed E-state index contributed by atoms with van der Waals surface area (Å²) in [5, 5.41) is 8.91. The highest BCUT2D eigenvalue weighted by atomic mass is 16.4. The molecular formula is C12H11NO2. The van der Waals surface area contributed by atoms with Crippen molar-refractivity contribution in [3.8, 4) is 0 Å². The van der Waals surface area contributed by atoms with Gasteiger partial charge >= 0.3 is 5.97 Å². The first-order valence-electron chi connectivity index (χ1n) is 4.70. The van der Waals surface area contributed by atoms with Crippen molar-refractivity contribution in [1.29, 1.82) is 0 Å². The van der Waals surface area contributed by atoms with Crippen LogP contribution in [0.1, 0.15) is 16.1 Å². The molecule has 0 saturated heterocycles. The Morgan fingerprint density at radius 2 is 1.87 bits per heavy atom. The van der Waals surface area contributed by atoms with Crippen molar-refractivity contribution in [1.82, 2.24) is 4.57 Å². The Balaban J connectivity index is 2.25. The molecule has 0 bridgehead atoms. The summed E-state index contributed by atoms with van der Waals surface area (Å²) in [4.78, 5) is 10.9. The number of benzene rings is 1. The Kier molecular flexibility index (Phi) is 2.54. The number of carbonyl (C=O) groups is 1. The van der Waals surface area contributed by atoms with Gasteiger partial charge in [0.05, 0.1) is 0 Å². The molecule has 0 atom stereocenters. The zero-order chi connectivity index (χ0) is 10.7. The monoisotopic (exact) mass is 201 g/mol. The number of hydrogen-bond donors (Lipinski definition) is 1. The van der Waals surface area contributed by atoms with E-state index in [0.717, 1.165) is 5.56 Å². The number of nitrogens with zero attached hydrogens (tertiary/aromatic N) is 1. The van der Waals surface area contributed by atoms with Gasteiger partial charge in [-0.3, -0.25) is 0 Å². The zero-order valence-electron chi connectivity index (χ0n) is 8.13. The molecule has 0 unspecified atom stereocenters. The zero-order valence-corrected chi connectivity index (χ0v) is 8.13. The van der Waals surface area contributed by atoms with Crippen LogP contribution in [0, 0.1) is 0 Å². The third-order valence-corrected chi connectivity index (χ3v) is 2.24. The summed E-state index contributed by atoms with van der Waals surface area (Å²) in [6, 6.07) is 13.1. The van der Waals surface area contributed by atoms with Crippen LogP contribution >= 0.6 is 0 Å². The normalized spacial score (nSPS) is 10.1. The van der Waals surface area contributed by atoms with Gasteiger partial charge in [-0.15, -0.1) is 0 Å². The van der Waals surface area contributed by atoms with Crippen LogP contribution in [0.3, 0.4) is 0 Å². The van der Waals surface area contributed by atoms with E-state index < -0.39 is 5.97 Å². The van der Waals surface area contributed by atoms with Crippen molar-refractivity contribution in [2.24, 2.45) is 0 Å². The van der Waals surface area contributed by atoms with Crippen LogP contribution in [-0.4, -0.2) is 15.6 Å². The second-order valence-electron chi connectivity index (χ2n) is 3.31. The van der Waals surface area contributed by atoms with Gasteiger partial charge in [0.25, 0.3) is 0 Å². The highest BCUT2D eigenvalue weighted by molar-refractivity contribution is 5.85. The number of aromatic carboxylic acids is 1. The molecule has 0 fully saturated rings. The molecule has 0 amide bonds. The molecule has 0 spiro atoms. The van der Waals surface area contributed by atoms with E-state index >= 15 is 0 Å². The predicted molar refractivity (Wildman–Crippen MR) is 56.9 cm³/mol. The second kappa shape index (κ2) is 4.00. The molecule has 3 nitrogen and oxygen atoms in total. The smallest absolute Gasteiger partial charge is 0.352 e. The van der Waals surface area contributed by atoms with Gasteiger partial charge in [0.1, 0.15) is 5.69 Å². The minimum absolute atomic E-state index is 0.318. The average molecular weight is 201 g/mol. The fourth-order valence-electron chi connectivity index (χ4n) is 1.53. The quantitative estimate of drug-likeness (QED) is 0.827. The number of carboxylic acids is 1. The summed E-state index contributed by atoms with van der Waals surface area (Å²) in [5.41, 5.74) is 1.41. The Bertz CT molecular complexity index is 459. The molecule has 3 heteroatoms. The molecule has 0 aliphatic carbocycles. The summed E-state index contributed by atoms with van der Waals surface area (Å²) in [6.45, 7) is 0.593. The standard InChI is InChI=1S/C12H11NO2/c14-12(15)11-7-4-8-13(11)9-10-5-2-1-3-6-10/h1-8H,9H2,(H,14,15). The SMILES string of the molecule is O=C(O)c1cccn1Cc1ccccc1. The van der Waals surface area contributed by atoms with Gasteiger partial charge in [-0.25, -0.2) is 4.79 Å². The van der Waals surface area contributed by atoms with E-state index in [0.29, 0.717) is 12.2 Å². The second-order valence-corrected chi connectivity index (χ2v) is 3.31. The van der Waals surface area contributed by atoms with Crippen molar-refractivity contribution in [2.45, 2.75) is 6.54 Å². The maximum atomic E-state index is 10.9. The van der Waals surface area contributed by atoms with E-state index in [1.54, 1.807) is 22.9 Å². The lowest BCUT2D eigenvalue weighted by Crippen LogP contribution is -2.08. The van der Waals surface area contributed by atoms with Gasteiger partial charge in [0, 0.05) is 12.7 Å². The summed E-state index contributed by atoms with van der Waals surface area (Å²) < 4.78 is 1.72. The van der Waals surface area contributed by atoms with Crippen LogP contribution in [0.4, 0.5) is 0 Å². The first-order valence-corrected chi connectivity index (χ1v) is 4.70. The van der Waals surface area contributed by atoms with Crippen LogP contribution in [0.5, 0.6) is 0 Å². The van der Waals surface area contributed by atoms with Crippen molar-refractivity contribution >= 4 is 5.97 Å². The van der Waals surface area contributed by atoms with E-state index in [1.807, 2.05) is 30.3 Å². The number of hydrogen-bond acceptors (Lipinski definition) is 1. The molecule has 1 N–H and O–H groups in total. The van der Waals surface area contributed by atoms with E-state index in [-0.39, 0.29) is 0 Å². The lowest BCUT2D eigenvalue weighted by molar-refractivity contribution is 0.0685. The molecule has 0 saturated carbocycles. The molecule has 0 radical (unpaired) electrons. The third kappa shape index (κ3) is 2.07. The molecular weight excluding hydrogens is 190 g/mol. The maximum absolute atomic E-state index is 10.9. The third-order valence-electron chi connectivity index (χ3n) is 2.24. The molecule has 1 heterocycles. The molecule has 1 aromatic heterocycles. The molecule has 0 aliphatic rings. The summed E-state index contributed by atoms with van der Waals surface area (Å²) in [6.07, 6.45) is 1.77. The van der Waals surface area contributed by atoms with E-state index in [1.165, 1.54) is 0 Å². The van der Waals surface area contributed by atoms with Crippen LogP contribution in [0.25, 0.3) is 0 Å². The first-order chi connectivity index (χ1) is 7.27. The minimum Gasteiger partial charge on any atom is -0.477 e. The Morgan fingerprint density at radius 1 is 1.13 bits per heavy atom. The largest absolute Gasteiger partial charge is 0.477 e. The molecule has 0 aliphatic heterocycles. The van der Waals surface area contributed by atoms with E-state index in [4.69, 9.17) is 5.11 Å². The Morgan fingerprint density at radius 3 is 2.53 bits per heavy atom. The molecule has 2 aromatic rings. The van der Waals surface area contributed by atoms with Crippen LogP contribution in [0.15, 0.2) is 48.7 Å². The first kappa shape index (κ1) is 9.52. The number of aromatic nitrogens is 1. The number of carboxylic acid groups (broad SMARTS) is 1. The van der Waals surface area contributed by atoms with Gasteiger partial charge in [-0.1, -0.05) is 30.3 Å². The van der Waals surface area contributed by atoms with Crippen molar-refractivity contribution in [2.75, 3.05) is 0 Å². The Hall–Kier alpha value is -2.03. The minimum atomic E-state index is -0.893. The van der Waals surface area contributed by atoms with Crippen LogP contribution < -0.4 is 0 Å². The fraction of sp³-hybridized carbons (Fsp3) is 0.0833. The number of rotatable bonds is 3. The van der Waals surface area contributed by atoms with E-state index in [2.05, 4.69) is 0 Å². The average Bonchev–Trinajstić information content (AvgIpc) is 2.67. The predicted octanol–water partition coefficient (Wildman–Crippen LogP) is 2.23. The fourth-order valence-corrected chi connectivity index (χ4v) is 1.53. The lowest BCUT2D eigenvalue weighted by atomic mass is 10.2. The van der Waals surface area contributed by atoms with Crippen LogP contribution in [-0.2, 0) is 6.54 Å². The van der Waals surface area contributed by atoms with Gasteiger partial charge in [-0.2, -0.15) is 0 Å². The van der Waals surface area contributed by atoms with Crippen LogP contribution in [0.2, 0.25) is 0 Å². The van der Waals surface area contributed by atoms with Gasteiger partial charge in [0.15, 0.2) is 0 Å². The molecule has 76 valence electrons. The van der Waals surface area contributed by atoms with Crippen molar-refractivity contribution in [3.63, 3.8) is 0 Å². The summed E-state index contributed by atoms with van der Waals surface area (Å²) in [5.74, 6) is -0.893. The Labute approximate surface area is 87.6 Å². The lowest BCUT2D eigenvalue weighted by Gasteiger charge is -2.05. The van der Waals surface area contributed by atoms with E-state index in [9.17, 15) is 4.79 Å². The maximum Gasteiger partial charge on any atom is 0.352 e. The summed E-state index contributed by atoms with van der Waals surface area (Å²) in [7, 11) is 0. The van der Waals surface area contributed by atoms with Gasteiger partial charge in [0.2, 0.25) is 0 Å². The molecule has 15 heavy (non-hydrogen) atoms. The van der Waals surface area contributed by atoms with Crippen molar-refractivity contribution < 1.29 is 9.90 Å². The highest BCUT2D eigenvalue weighted by Gasteiger charge is 2.07.